The van der Waals surface area contributed by atoms with Gasteiger partial charge in [0, 0.05) is 35.6 Å². The molecule has 1 unspecified atom stereocenters. The van der Waals surface area contributed by atoms with Crippen LogP contribution < -0.4 is 11.1 Å². The summed E-state index contributed by atoms with van der Waals surface area (Å²) in [5, 5.41) is 3.18. The summed E-state index contributed by atoms with van der Waals surface area (Å²) in [5.41, 5.74) is 6.11. The van der Waals surface area contributed by atoms with Crippen LogP contribution in [0.3, 0.4) is 0 Å². The van der Waals surface area contributed by atoms with Crippen LogP contribution in [0.4, 0.5) is 8.78 Å². The number of thioether (sulfide) groups is 1. The van der Waals surface area contributed by atoms with Gasteiger partial charge in [0.05, 0.1) is 17.9 Å². The summed E-state index contributed by atoms with van der Waals surface area (Å²) in [7, 11) is 1.60. The Bertz CT molecular complexity index is 1330. The first-order valence-electron chi connectivity index (χ1n) is 12.0. The highest BCUT2D eigenvalue weighted by Gasteiger charge is 2.68. The van der Waals surface area contributed by atoms with Crippen molar-refractivity contribution in [2.45, 2.75) is 49.8 Å². The summed E-state index contributed by atoms with van der Waals surface area (Å²) < 4.78 is 30.3. The quantitative estimate of drug-likeness (QED) is 0.565. The lowest BCUT2D eigenvalue weighted by Gasteiger charge is -2.39. The maximum atomic E-state index is 15.2. The molecule has 0 radical (unpaired) electrons. The van der Waals surface area contributed by atoms with Crippen molar-refractivity contribution < 1.29 is 13.6 Å². The first-order chi connectivity index (χ1) is 17.2. The lowest BCUT2D eigenvalue weighted by atomic mass is 9.73. The minimum absolute atomic E-state index is 0.0738. The fourth-order valence-electron chi connectivity index (χ4n) is 4.88. The Labute approximate surface area is 213 Å². The molecular weight excluding hydrogens is 480 g/mol. The van der Waals surface area contributed by atoms with E-state index in [1.165, 1.54) is 42.4 Å². The van der Waals surface area contributed by atoms with Gasteiger partial charge in [0.1, 0.15) is 17.2 Å². The normalized spacial score (nSPS) is 26.8. The Hall–Kier alpha value is -3.25. The number of nitrogens with two attached hydrogens (primary N) is 1. The van der Waals surface area contributed by atoms with E-state index in [2.05, 4.69) is 27.1 Å². The number of rotatable bonds is 6. The summed E-state index contributed by atoms with van der Waals surface area (Å²) in [6.45, 7) is 1.86. The summed E-state index contributed by atoms with van der Waals surface area (Å²) in [5.74, 6) is 5.39. The van der Waals surface area contributed by atoms with E-state index in [-0.39, 0.29) is 16.9 Å². The Balaban J connectivity index is 1.44. The van der Waals surface area contributed by atoms with Gasteiger partial charge < -0.3 is 11.1 Å². The number of amidine groups is 1. The minimum Gasteiger partial charge on any atom is -0.379 e. The third kappa shape index (κ3) is 4.62. The Kier molecular flexibility index (Phi) is 6.33. The fraction of sp³-hybridized carbons (Fsp3) is 0.407. The lowest BCUT2D eigenvalue weighted by Crippen LogP contribution is -2.40. The van der Waals surface area contributed by atoms with E-state index in [0.717, 1.165) is 19.3 Å². The summed E-state index contributed by atoms with van der Waals surface area (Å²) in [4.78, 5) is 25.0. The van der Waals surface area contributed by atoms with Gasteiger partial charge in [0.2, 0.25) is 5.91 Å². The Morgan fingerprint density at radius 3 is 2.83 bits per heavy atom. The molecule has 1 aromatic carbocycles. The minimum atomic E-state index is -0.979. The number of carbonyl (C=O) groups is 1. The highest BCUT2D eigenvalue weighted by molar-refractivity contribution is 8.14. The molecule has 5 rings (SSSR count). The van der Waals surface area contributed by atoms with Crippen molar-refractivity contribution in [1.29, 1.82) is 0 Å². The van der Waals surface area contributed by atoms with Crippen molar-refractivity contribution in [2.75, 3.05) is 7.05 Å². The van der Waals surface area contributed by atoms with E-state index < -0.39 is 22.6 Å². The molecule has 36 heavy (non-hydrogen) atoms. The van der Waals surface area contributed by atoms with Crippen LogP contribution in [0.15, 0.2) is 35.6 Å². The molecule has 3 aliphatic rings. The SMILES string of the molecule is CNC(=O)CCC12C[C@@H]1SC(N)=N[C@]2(C)c1cc(/C=C(\F)c2cnc(C#CC3CC3)cn2)ccc1F. The highest BCUT2D eigenvalue weighted by Crippen LogP contribution is 2.69. The lowest BCUT2D eigenvalue weighted by molar-refractivity contribution is -0.121. The molecule has 2 aromatic rings. The van der Waals surface area contributed by atoms with Crippen LogP contribution in [0.25, 0.3) is 11.9 Å². The first kappa shape index (κ1) is 24.4. The standard InChI is InChI=1S/C27H27F2N5OS/c1-26(27(10-9-24(35)31-2)13-23(27)36-25(30)34-26)19-11-17(6-8-20(19)28)12-21(29)22-15-32-18(14-33-22)7-5-16-3-4-16/h6,8,11-12,14-16,23H,3-4,9-10,13H2,1-2H3,(H2,30,34)(H,31,35)/b21-12-/t23-,26+,27?/m0/s1. The second kappa shape index (κ2) is 9.32. The smallest absolute Gasteiger partial charge is 0.219 e. The van der Waals surface area contributed by atoms with Gasteiger partial charge in [-0.05, 0) is 62.3 Å². The number of hydrogen-bond donors (Lipinski definition) is 2. The number of benzene rings is 1. The number of fused-ring (bicyclic) bond motifs is 1. The second-order valence-corrected chi connectivity index (χ2v) is 10.9. The number of amides is 1. The van der Waals surface area contributed by atoms with Gasteiger partial charge in [0.25, 0.3) is 0 Å². The molecule has 9 heteroatoms. The number of hydrogen-bond acceptors (Lipinski definition) is 6. The van der Waals surface area contributed by atoms with Crippen LogP contribution in [-0.4, -0.2) is 33.3 Å². The van der Waals surface area contributed by atoms with E-state index in [0.29, 0.717) is 40.7 Å². The molecule has 3 N–H and O–H groups in total. The van der Waals surface area contributed by atoms with Gasteiger partial charge in [0.15, 0.2) is 11.0 Å². The number of nitrogens with zero attached hydrogens (tertiary/aromatic N) is 3. The van der Waals surface area contributed by atoms with E-state index in [1.54, 1.807) is 13.1 Å². The highest BCUT2D eigenvalue weighted by atomic mass is 32.2. The topological polar surface area (TPSA) is 93.3 Å². The zero-order valence-corrected chi connectivity index (χ0v) is 21.0. The number of aromatic nitrogens is 2. The molecule has 0 bridgehead atoms. The van der Waals surface area contributed by atoms with Crippen molar-refractivity contribution in [1.82, 2.24) is 15.3 Å². The van der Waals surface area contributed by atoms with Gasteiger partial charge in [-0.3, -0.25) is 9.79 Å². The third-order valence-electron chi connectivity index (χ3n) is 7.34. The van der Waals surface area contributed by atoms with Crippen LogP contribution in [0.2, 0.25) is 0 Å². The van der Waals surface area contributed by atoms with Crippen molar-refractivity contribution in [2.24, 2.45) is 22.1 Å². The largest absolute Gasteiger partial charge is 0.379 e. The maximum Gasteiger partial charge on any atom is 0.219 e. The monoisotopic (exact) mass is 507 g/mol. The van der Waals surface area contributed by atoms with E-state index in [4.69, 9.17) is 10.7 Å². The molecule has 1 amide bonds. The molecule has 0 spiro atoms. The van der Waals surface area contributed by atoms with Gasteiger partial charge in [-0.15, -0.1) is 0 Å². The maximum absolute atomic E-state index is 15.2. The molecule has 0 saturated heterocycles. The predicted molar refractivity (Wildman–Crippen MR) is 138 cm³/mol. The van der Waals surface area contributed by atoms with Crippen molar-refractivity contribution >= 4 is 34.7 Å². The Morgan fingerprint density at radius 1 is 1.33 bits per heavy atom. The molecule has 1 aliphatic heterocycles. The summed E-state index contributed by atoms with van der Waals surface area (Å²) in [6.07, 6.45) is 7.97. The number of nitrogens with one attached hydrogen (secondary N) is 1. The zero-order valence-electron chi connectivity index (χ0n) is 20.1. The van der Waals surface area contributed by atoms with Crippen molar-refractivity contribution in [3.05, 3.63) is 58.9 Å². The molecule has 186 valence electrons. The molecule has 2 saturated carbocycles. The van der Waals surface area contributed by atoms with Gasteiger partial charge in [-0.25, -0.2) is 18.7 Å². The molecule has 6 nitrogen and oxygen atoms in total. The predicted octanol–water partition coefficient (Wildman–Crippen LogP) is 4.41. The van der Waals surface area contributed by atoms with Crippen LogP contribution >= 0.6 is 11.8 Å². The molecule has 1 aromatic heterocycles. The van der Waals surface area contributed by atoms with Crippen LogP contribution in [0.5, 0.6) is 0 Å². The second-order valence-electron chi connectivity index (χ2n) is 9.72. The molecule has 3 atom stereocenters. The fourth-order valence-corrected chi connectivity index (χ4v) is 6.36. The number of halogens is 2. The van der Waals surface area contributed by atoms with Crippen LogP contribution in [0, 0.1) is 29.0 Å². The zero-order chi connectivity index (χ0) is 25.5. The van der Waals surface area contributed by atoms with Gasteiger partial charge in [-0.1, -0.05) is 23.7 Å². The Morgan fingerprint density at radius 2 is 2.14 bits per heavy atom. The average molecular weight is 508 g/mol. The van der Waals surface area contributed by atoms with Crippen LogP contribution in [0.1, 0.15) is 61.5 Å². The molecule has 2 aliphatic carbocycles. The van der Waals surface area contributed by atoms with Crippen LogP contribution in [-0.2, 0) is 10.3 Å². The molecule has 2 heterocycles. The molecule has 2 fully saturated rings. The molecular formula is C27H27F2N5OS. The van der Waals surface area contributed by atoms with Crippen molar-refractivity contribution in [3.8, 4) is 11.8 Å². The number of aliphatic imine (C=N–C) groups is 1. The van der Waals surface area contributed by atoms with Crippen molar-refractivity contribution in [3.63, 3.8) is 0 Å². The average Bonchev–Trinajstić information content (AvgIpc) is 3.79. The van der Waals surface area contributed by atoms with E-state index in [1.807, 2.05) is 6.92 Å². The summed E-state index contributed by atoms with van der Waals surface area (Å²) >= 11 is 1.47. The first-order valence-corrected chi connectivity index (χ1v) is 12.9. The summed E-state index contributed by atoms with van der Waals surface area (Å²) in [6, 6.07) is 4.44. The van der Waals surface area contributed by atoms with E-state index >= 15 is 8.78 Å². The van der Waals surface area contributed by atoms with Gasteiger partial charge in [-0.2, -0.15) is 0 Å². The number of carbonyl (C=O) groups excluding carboxylic acids is 1. The third-order valence-corrected chi connectivity index (χ3v) is 8.57. The van der Waals surface area contributed by atoms with E-state index in [9.17, 15) is 4.79 Å². The van der Waals surface area contributed by atoms with Gasteiger partial charge >= 0.3 is 0 Å².